The van der Waals surface area contributed by atoms with Gasteiger partial charge in [0.2, 0.25) is 18.1 Å². The number of pyridine rings is 1. The van der Waals surface area contributed by atoms with E-state index in [-0.39, 0.29) is 24.2 Å². The summed E-state index contributed by atoms with van der Waals surface area (Å²) in [5.41, 5.74) is 0.217. The van der Waals surface area contributed by atoms with Gasteiger partial charge in [-0.2, -0.15) is 0 Å². The molecule has 0 unspecified atom stereocenters. The SMILES string of the molecule is CCn1cc(C(=O)N[C@@H](C(=O)NCCCOC)C(C)C)c(=O)c2cc3c(cc21)OCO3. The highest BCUT2D eigenvalue weighted by atomic mass is 16.7. The molecule has 31 heavy (non-hydrogen) atoms. The number of hydrogen-bond donors (Lipinski definition) is 2. The molecule has 2 heterocycles. The second-order valence-corrected chi connectivity index (χ2v) is 7.71. The fourth-order valence-electron chi connectivity index (χ4n) is 3.50. The third kappa shape index (κ3) is 4.82. The Morgan fingerprint density at radius 1 is 1.23 bits per heavy atom. The number of carbonyl (C=O) groups is 2. The number of methoxy groups -OCH3 is 1. The van der Waals surface area contributed by atoms with Crippen LogP contribution in [0.1, 0.15) is 37.6 Å². The summed E-state index contributed by atoms with van der Waals surface area (Å²) in [5.74, 6) is 0.00242. The minimum Gasteiger partial charge on any atom is -0.454 e. The molecule has 1 aliphatic heterocycles. The summed E-state index contributed by atoms with van der Waals surface area (Å²) in [5, 5.41) is 5.90. The molecule has 1 atom stereocenters. The number of rotatable bonds is 9. The Kier molecular flexibility index (Phi) is 7.17. The van der Waals surface area contributed by atoms with Gasteiger partial charge in [-0.1, -0.05) is 13.8 Å². The normalized spacial score (nSPS) is 13.5. The van der Waals surface area contributed by atoms with Gasteiger partial charge < -0.3 is 29.4 Å². The van der Waals surface area contributed by atoms with Crippen molar-refractivity contribution in [3.05, 3.63) is 34.1 Å². The van der Waals surface area contributed by atoms with Crippen LogP contribution in [-0.2, 0) is 16.1 Å². The Bertz CT molecular complexity index is 1030. The first-order valence-electron chi connectivity index (χ1n) is 10.4. The largest absolute Gasteiger partial charge is 0.454 e. The first-order chi connectivity index (χ1) is 14.9. The van der Waals surface area contributed by atoms with Gasteiger partial charge in [0, 0.05) is 39.1 Å². The quantitative estimate of drug-likeness (QED) is 0.585. The third-order valence-electron chi connectivity index (χ3n) is 5.22. The van der Waals surface area contributed by atoms with Gasteiger partial charge in [0.1, 0.15) is 11.6 Å². The number of aromatic nitrogens is 1. The van der Waals surface area contributed by atoms with Gasteiger partial charge >= 0.3 is 0 Å². The van der Waals surface area contributed by atoms with E-state index in [1.165, 1.54) is 6.20 Å². The average Bonchev–Trinajstić information content (AvgIpc) is 3.21. The summed E-state index contributed by atoms with van der Waals surface area (Å²) < 4.78 is 17.6. The van der Waals surface area contributed by atoms with Gasteiger partial charge in [0.05, 0.1) is 10.9 Å². The third-order valence-corrected chi connectivity index (χ3v) is 5.22. The second kappa shape index (κ2) is 9.82. The molecule has 168 valence electrons. The molecular formula is C22H29N3O6. The van der Waals surface area contributed by atoms with Crippen LogP contribution >= 0.6 is 0 Å². The zero-order valence-electron chi connectivity index (χ0n) is 18.3. The number of nitrogens with zero attached hydrogens (tertiary/aromatic N) is 1. The predicted octanol–water partition coefficient (Wildman–Crippen LogP) is 1.66. The maximum atomic E-state index is 13.1. The molecule has 3 rings (SSSR count). The Morgan fingerprint density at radius 2 is 1.94 bits per heavy atom. The van der Waals surface area contributed by atoms with Crippen LogP contribution in [0.5, 0.6) is 11.5 Å². The molecule has 2 aromatic rings. The number of amides is 2. The van der Waals surface area contributed by atoms with Gasteiger partial charge in [0.15, 0.2) is 11.5 Å². The molecule has 1 aliphatic rings. The maximum absolute atomic E-state index is 13.1. The Hall–Kier alpha value is -3.07. The highest BCUT2D eigenvalue weighted by Gasteiger charge is 2.27. The molecule has 0 saturated carbocycles. The molecule has 0 fully saturated rings. The van der Waals surface area contributed by atoms with Gasteiger partial charge in [0.25, 0.3) is 5.91 Å². The molecule has 2 amide bonds. The Morgan fingerprint density at radius 3 is 2.58 bits per heavy atom. The van der Waals surface area contributed by atoms with E-state index in [4.69, 9.17) is 14.2 Å². The minimum absolute atomic E-state index is 0.0222. The lowest BCUT2D eigenvalue weighted by Gasteiger charge is -2.22. The van der Waals surface area contributed by atoms with Crippen LogP contribution in [0.2, 0.25) is 0 Å². The molecule has 0 aliphatic carbocycles. The van der Waals surface area contributed by atoms with E-state index in [1.54, 1.807) is 19.2 Å². The van der Waals surface area contributed by atoms with Crippen molar-refractivity contribution in [2.24, 2.45) is 5.92 Å². The van der Waals surface area contributed by atoms with Crippen molar-refractivity contribution in [3.63, 3.8) is 0 Å². The van der Waals surface area contributed by atoms with Gasteiger partial charge in [-0.25, -0.2) is 0 Å². The van der Waals surface area contributed by atoms with Crippen LogP contribution in [0.25, 0.3) is 10.9 Å². The molecule has 0 radical (unpaired) electrons. The van der Waals surface area contributed by atoms with Crippen LogP contribution < -0.4 is 25.5 Å². The van der Waals surface area contributed by atoms with E-state index in [1.807, 2.05) is 25.3 Å². The highest BCUT2D eigenvalue weighted by Crippen LogP contribution is 2.35. The van der Waals surface area contributed by atoms with Crippen molar-refractivity contribution in [2.45, 2.75) is 39.8 Å². The number of aryl methyl sites for hydroxylation is 1. The summed E-state index contributed by atoms with van der Waals surface area (Å²) in [6, 6.07) is 2.58. The number of nitrogens with one attached hydrogen (secondary N) is 2. The molecule has 0 saturated heterocycles. The number of hydrogen-bond acceptors (Lipinski definition) is 6. The van der Waals surface area contributed by atoms with Crippen molar-refractivity contribution in [3.8, 4) is 11.5 Å². The van der Waals surface area contributed by atoms with E-state index in [0.717, 1.165) is 0 Å². The monoisotopic (exact) mass is 431 g/mol. The topological polar surface area (TPSA) is 108 Å². The molecule has 0 bridgehead atoms. The lowest BCUT2D eigenvalue weighted by Crippen LogP contribution is -2.50. The Labute approximate surface area is 180 Å². The first kappa shape index (κ1) is 22.6. The van der Waals surface area contributed by atoms with Crippen molar-refractivity contribution in [2.75, 3.05) is 27.1 Å². The molecule has 0 spiro atoms. The summed E-state index contributed by atoms with van der Waals surface area (Å²) in [6.07, 6.45) is 2.19. The highest BCUT2D eigenvalue weighted by molar-refractivity contribution is 6.00. The average molecular weight is 431 g/mol. The van der Waals surface area contributed by atoms with Crippen LogP contribution in [0.15, 0.2) is 23.1 Å². The number of fused-ring (bicyclic) bond motifs is 2. The van der Waals surface area contributed by atoms with E-state index in [2.05, 4.69) is 10.6 Å². The summed E-state index contributed by atoms with van der Waals surface area (Å²) in [7, 11) is 1.60. The lowest BCUT2D eigenvalue weighted by molar-refractivity contribution is -0.123. The van der Waals surface area contributed by atoms with Crippen molar-refractivity contribution in [1.82, 2.24) is 15.2 Å². The number of carbonyl (C=O) groups excluding carboxylic acids is 2. The standard InChI is InChI=1S/C22H29N3O6/c1-5-25-11-15(20(26)14-9-17-18(10-16(14)25)31-12-30-17)21(27)24-19(13(2)3)22(28)23-7-6-8-29-4/h9-11,13,19H,5-8,12H2,1-4H3,(H,23,28)(H,24,27)/t19-/m1/s1. The number of benzene rings is 1. The molecule has 2 N–H and O–H groups in total. The van der Waals surface area contributed by atoms with Gasteiger partial charge in [-0.15, -0.1) is 0 Å². The second-order valence-electron chi connectivity index (χ2n) is 7.71. The Balaban J connectivity index is 1.88. The van der Waals surface area contributed by atoms with Gasteiger partial charge in [-0.3, -0.25) is 14.4 Å². The van der Waals surface area contributed by atoms with E-state index >= 15 is 0 Å². The smallest absolute Gasteiger partial charge is 0.257 e. The van der Waals surface area contributed by atoms with Gasteiger partial charge in [-0.05, 0) is 25.3 Å². The first-order valence-corrected chi connectivity index (χ1v) is 10.4. The molecular weight excluding hydrogens is 402 g/mol. The molecule has 9 nitrogen and oxygen atoms in total. The number of ether oxygens (including phenoxy) is 3. The molecule has 9 heteroatoms. The molecule has 1 aromatic heterocycles. The fourth-order valence-corrected chi connectivity index (χ4v) is 3.50. The van der Waals surface area contributed by atoms with E-state index in [9.17, 15) is 14.4 Å². The summed E-state index contributed by atoms with van der Waals surface area (Å²) >= 11 is 0. The predicted molar refractivity (Wildman–Crippen MR) is 116 cm³/mol. The zero-order valence-corrected chi connectivity index (χ0v) is 18.3. The van der Waals surface area contributed by atoms with Crippen LogP contribution in [-0.4, -0.2) is 49.5 Å². The van der Waals surface area contributed by atoms with Crippen LogP contribution in [0.3, 0.4) is 0 Å². The van der Waals surface area contributed by atoms with Crippen LogP contribution in [0.4, 0.5) is 0 Å². The maximum Gasteiger partial charge on any atom is 0.257 e. The minimum atomic E-state index is -0.767. The van der Waals surface area contributed by atoms with E-state index in [0.29, 0.717) is 48.5 Å². The van der Waals surface area contributed by atoms with Crippen LogP contribution in [0, 0.1) is 5.92 Å². The zero-order chi connectivity index (χ0) is 22.5. The summed E-state index contributed by atoms with van der Waals surface area (Å²) in [4.78, 5) is 38.7. The van der Waals surface area contributed by atoms with E-state index < -0.39 is 17.4 Å². The lowest BCUT2D eigenvalue weighted by atomic mass is 10.0. The fraction of sp³-hybridized carbons (Fsp3) is 0.500. The van der Waals surface area contributed by atoms with Crippen molar-refractivity contribution in [1.29, 1.82) is 0 Å². The summed E-state index contributed by atoms with van der Waals surface area (Å²) in [6.45, 7) is 7.21. The van der Waals surface area contributed by atoms with Crippen molar-refractivity contribution < 1.29 is 23.8 Å². The van der Waals surface area contributed by atoms with Crippen molar-refractivity contribution >= 4 is 22.7 Å². The molecule has 1 aromatic carbocycles.